The number of aliphatic hydroxyl groups is 1. The second-order valence-electron chi connectivity index (χ2n) is 8.31. The number of piperidine rings is 1. The lowest BCUT2D eigenvalue weighted by Crippen LogP contribution is -2.55. The first-order valence-corrected chi connectivity index (χ1v) is 10.2. The molecule has 1 saturated heterocycles. The normalized spacial score (nSPS) is 28.8. The minimum Gasteiger partial charge on any atom is -0.389 e. The lowest BCUT2D eigenvalue weighted by Gasteiger charge is -2.47. The Hall–Kier alpha value is -1.69. The first-order valence-electron chi connectivity index (χ1n) is 10.2. The highest BCUT2D eigenvalue weighted by molar-refractivity contribution is 5.76. The first kappa shape index (κ1) is 17.7. The Bertz CT molecular complexity index is 744. The summed E-state index contributed by atoms with van der Waals surface area (Å²) in [6, 6.07) is 1.68. The third kappa shape index (κ3) is 3.43. The molecule has 2 aliphatic carbocycles. The summed E-state index contributed by atoms with van der Waals surface area (Å²) in [5.41, 5.74) is 1.27. The van der Waals surface area contributed by atoms with Crippen LogP contribution in [0.15, 0.2) is 10.9 Å². The van der Waals surface area contributed by atoms with E-state index in [9.17, 15) is 14.7 Å². The quantitative estimate of drug-likeness (QED) is 0.815. The minimum atomic E-state index is -0.589. The summed E-state index contributed by atoms with van der Waals surface area (Å²) in [6.07, 6.45) is 9.87. The predicted octanol–water partition coefficient (Wildman–Crippen LogP) is 1.67. The Morgan fingerprint density at radius 3 is 2.92 bits per heavy atom. The van der Waals surface area contributed by atoms with Gasteiger partial charge < -0.3 is 10.0 Å². The standard InChI is InChI=1S/C20H29N3O3/c24-18-12-15-6-2-1-3-8-17(15)21-23(18)14-19(25)22-11-10-20(26)9-5-4-7-16(20)13-22/h12,16,26H,1-11,13-14H2. The Morgan fingerprint density at radius 2 is 2.04 bits per heavy atom. The number of amides is 1. The van der Waals surface area contributed by atoms with Gasteiger partial charge >= 0.3 is 0 Å². The molecule has 1 saturated carbocycles. The van der Waals surface area contributed by atoms with Crippen LogP contribution in [0.3, 0.4) is 0 Å². The van der Waals surface area contributed by atoms with Crippen LogP contribution in [-0.2, 0) is 24.2 Å². The van der Waals surface area contributed by atoms with Crippen LogP contribution in [0, 0.1) is 5.92 Å². The van der Waals surface area contributed by atoms with Crippen molar-refractivity contribution in [2.45, 2.75) is 76.4 Å². The molecule has 6 heteroatoms. The monoisotopic (exact) mass is 359 g/mol. The van der Waals surface area contributed by atoms with E-state index in [1.807, 2.05) is 4.90 Å². The molecule has 0 aromatic carbocycles. The van der Waals surface area contributed by atoms with E-state index in [0.29, 0.717) is 19.5 Å². The van der Waals surface area contributed by atoms with Gasteiger partial charge in [-0.05, 0) is 50.5 Å². The van der Waals surface area contributed by atoms with E-state index in [1.165, 1.54) is 11.1 Å². The molecule has 6 nitrogen and oxygen atoms in total. The van der Waals surface area contributed by atoms with Crippen molar-refractivity contribution in [1.82, 2.24) is 14.7 Å². The average molecular weight is 359 g/mol. The van der Waals surface area contributed by atoms with E-state index in [4.69, 9.17) is 0 Å². The van der Waals surface area contributed by atoms with E-state index in [2.05, 4.69) is 5.10 Å². The lowest BCUT2D eigenvalue weighted by molar-refractivity contribution is -0.144. The van der Waals surface area contributed by atoms with Crippen molar-refractivity contribution < 1.29 is 9.90 Å². The number of likely N-dealkylation sites (tertiary alicyclic amines) is 1. The topological polar surface area (TPSA) is 75.4 Å². The van der Waals surface area contributed by atoms with Crippen molar-refractivity contribution in [1.29, 1.82) is 0 Å². The molecule has 0 radical (unpaired) electrons. The van der Waals surface area contributed by atoms with Gasteiger partial charge in [0.05, 0.1) is 11.3 Å². The molecular formula is C20H29N3O3. The van der Waals surface area contributed by atoms with E-state index < -0.39 is 5.60 Å². The molecule has 2 unspecified atom stereocenters. The van der Waals surface area contributed by atoms with E-state index >= 15 is 0 Å². The number of aromatic nitrogens is 2. The van der Waals surface area contributed by atoms with Crippen molar-refractivity contribution in [2.75, 3.05) is 13.1 Å². The van der Waals surface area contributed by atoms with Crippen LogP contribution in [0.1, 0.15) is 62.6 Å². The fraction of sp³-hybridized carbons (Fsp3) is 0.750. The summed E-state index contributed by atoms with van der Waals surface area (Å²) >= 11 is 0. The first-order chi connectivity index (χ1) is 12.5. The van der Waals surface area contributed by atoms with Crippen LogP contribution in [0.4, 0.5) is 0 Å². The van der Waals surface area contributed by atoms with Gasteiger partial charge in [-0.25, -0.2) is 4.68 Å². The summed E-state index contributed by atoms with van der Waals surface area (Å²) < 4.78 is 1.34. The highest BCUT2D eigenvalue weighted by atomic mass is 16.3. The molecule has 4 rings (SSSR count). The fourth-order valence-electron chi connectivity index (χ4n) is 4.92. The Morgan fingerprint density at radius 1 is 1.19 bits per heavy atom. The van der Waals surface area contributed by atoms with E-state index in [1.54, 1.807) is 6.07 Å². The largest absolute Gasteiger partial charge is 0.389 e. The van der Waals surface area contributed by atoms with Gasteiger partial charge in [-0.15, -0.1) is 0 Å². The summed E-state index contributed by atoms with van der Waals surface area (Å²) in [4.78, 5) is 27.0. The van der Waals surface area contributed by atoms with Gasteiger partial charge in [-0.3, -0.25) is 9.59 Å². The molecule has 2 fully saturated rings. The number of hydrogen-bond acceptors (Lipinski definition) is 4. The number of fused-ring (bicyclic) bond motifs is 2. The van der Waals surface area contributed by atoms with Crippen LogP contribution in [0.25, 0.3) is 0 Å². The molecule has 1 aromatic heterocycles. The third-order valence-corrected chi connectivity index (χ3v) is 6.59. The summed E-state index contributed by atoms with van der Waals surface area (Å²) in [5, 5.41) is 15.3. The number of rotatable bonds is 2. The van der Waals surface area contributed by atoms with Crippen molar-refractivity contribution in [2.24, 2.45) is 5.92 Å². The van der Waals surface area contributed by atoms with Crippen LogP contribution in [0.2, 0.25) is 0 Å². The zero-order valence-corrected chi connectivity index (χ0v) is 15.5. The second kappa shape index (κ2) is 7.14. The van der Waals surface area contributed by atoms with Crippen LogP contribution < -0.4 is 5.56 Å². The van der Waals surface area contributed by atoms with Gasteiger partial charge in [0, 0.05) is 25.1 Å². The maximum absolute atomic E-state index is 12.8. The Balaban J connectivity index is 1.47. The van der Waals surface area contributed by atoms with Crippen molar-refractivity contribution >= 4 is 5.91 Å². The van der Waals surface area contributed by atoms with Gasteiger partial charge in [0.15, 0.2) is 0 Å². The van der Waals surface area contributed by atoms with E-state index in [0.717, 1.165) is 62.6 Å². The van der Waals surface area contributed by atoms with Crippen LogP contribution in [-0.4, -0.2) is 44.4 Å². The number of nitrogens with zero attached hydrogens (tertiary/aromatic N) is 3. The Kier molecular flexibility index (Phi) is 4.86. The van der Waals surface area contributed by atoms with Crippen molar-refractivity contribution in [3.8, 4) is 0 Å². The molecule has 3 aliphatic rings. The summed E-state index contributed by atoms with van der Waals surface area (Å²) in [5.74, 6) is 0.117. The van der Waals surface area contributed by atoms with Crippen molar-refractivity contribution in [3.63, 3.8) is 0 Å². The highest BCUT2D eigenvalue weighted by Crippen LogP contribution is 2.39. The molecule has 1 aliphatic heterocycles. The lowest BCUT2D eigenvalue weighted by atomic mass is 9.71. The second-order valence-corrected chi connectivity index (χ2v) is 8.31. The van der Waals surface area contributed by atoms with Crippen LogP contribution >= 0.6 is 0 Å². The molecule has 142 valence electrons. The van der Waals surface area contributed by atoms with Gasteiger partial charge in [0.25, 0.3) is 5.56 Å². The highest BCUT2D eigenvalue weighted by Gasteiger charge is 2.43. The molecule has 26 heavy (non-hydrogen) atoms. The van der Waals surface area contributed by atoms with Crippen LogP contribution in [0.5, 0.6) is 0 Å². The SMILES string of the molecule is O=C(Cn1nc2c(cc1=O)CCCCC2)N1CCC2(O)CCCCC2C1. The molecule has 1 N–H and O–H groups in total. The van der Waals surface area contributed by atoms with Crippen molar-refractivity contribution in [3.05, 3.63) is 27.7 Å². The fourth-order valence-corrected chi connectivity index (χ4v) is 4.92. The van der Waals surface area contributed by atoms with Gasteiger partial charge in [-0.1, -0.05) is 19.3 Å². The maximum Gasteiger partial charge on any atom is 0.267 e. The number of carbonyl (C=O) groups excluding carboxylic acids is 1. The van der Waals surface area contributed by atoms with E-state index in [-0.39, 0.29) is 23.9 Å². The molecule has 1 amide bonds. The zero-order chi connectivity index (χ0) is 18.1. The summed E-state index contributed by atoms with van der Waals surface area (Å²) in [6.45, 7) is 1.19. The molecule has 2 heterocycles. The smallest absolute Gasteiger partial charge is 0.267 e. The average Bonchev–Trinajstić information content (AvgIpc) is 2.86. The Labute approximate surface area is 154 Å². The zero-order valence-electron chi connectivity index (χ0n) is 15.5. The molecule has 2 atom stereocenters. The molecule has 1 aromatic rings. The third-order valence-electron chi connectivity index (χ3n) is 6.59. The molecule has 0 bridgehead atoms. The van der Waals surface area contributed by atoms with Gasteiger partial charge in [0.1, 0.15) is 6.54 Å². The summed E-state index contributed by atoms with van der Waals surface area (Å²) in [7, 11) is 0. The number of hydrogen-bond donors (Lipinski definition) is 1. The predicted molar refractivity (Wildman–Crippen MR) is 97.9 cm³/mol. The van der Waals surface area contributed by atoms with Gasteiger partial charge in [0.2, 0.25) is 5.91 Å². The molecule has 0 spiro atoms. The number of carbonyl (C=O) groups is 1. The number of aryl methyl sites for hydroxylation is 2. The maximum atomic E-state index is 12.8. The van der Waals surface area contributed by atoms with Gasteiger partial charge in [-0.2, -0.15) is 5.10 Å². The minimum absolute atomic E-state index is 0.0112. The molecular weight excluding hydrogens is 330 g/mol.